The number of carbonyl (C=O) groups excluding carboxylic acids is 1. The Labute approximate surface area is 129 Å². The minimum Gasteiger partial charge on any atom is -0.465 e. The summed E-state index contributed by atoms with van der Waals surface area (Å²) in [5.74, 6) is -0.0117. The van der Waals surface area contributed by atoms with Gasteiger partial charge in [-0.1, -0.05) is 26.0 Å². The second kappa shape index (κ2) is 6.64. The topological polar surface area (TPSA) is 52.1 Å². The lowest BCUT2D eigenvalue weighted by molar-refractivity contribution is 0.0599. The second-order valence-electron chi connectivity index (χ2n) is 5.77. The van der Waals surface area contributed by atoms with Crippen LogP contribution in [0.2, 0.25) is 0 Å². The number of nitrogens with zero attached hydrogens (tertiary/aromatic N) is 2. The summed E-state index contributed by atoms with van der Waals surface area (Å²) in [7, 11) is 1.32. The summed E-state index contributed by atoms with van der Waals surface area (Å²) in [4.78, 5) is 19.7. The quantitative estimate of drug-likeness (QED) is 0.795. The number of hydrogen-bond acceptors (Lipinski definition) is 4. The van der Waals surface area contributed by atoms with Gasteiger partial charge in [-0.2, -0.15) is 0 Å². The Bertz CT molecular complexity index is 637. The molecule has 2 rings (SSSR count). The maximum Gasteiger partial charge on any atom is 0.341 e. The maximum atomic E-state index is 13.0. The van der Waals surface area contributed by atoms with Crippen LogP contribution in [0.5, 0.6) is 0 Å². The van der Waals surface area contributed by atoms with E-state index < -0.39 is 5.97 Å². The highest BCUT2D eigenvalue weighted by atomic mass is 19.1. The van der Waals surface area contributed by atoms with Gasteiger partial charge in [0.2, 0.25) is 0 Å². The van der Waals surface area contributed by atoms with Crippen LogP contribution in [-0.4, -0.2) is 23.0 Å². The standard InChI is InChI=1S/C17H19FN2O2/c1-17(2,13-4-6-14(18)7-5-13)9-8-15-19-10-12(11-20-15)16(21)22-3/h4-7,10-11H,8-9H2,1-3H3. The van der Waals surface area contributed by atoms with Crippen molar-refractivity contribution >= 4 is 5.97 Å². The van der Waals surface area contributed by atoms with E-state index in [9.17, 15) is 9.18 Å². The monoisotopic (exact) mass is 302 g/mol. The van der Waals surface area contributed by atoms with E-state index in [1.54, 1.807) is 12.1 Å². The molecule has 0 bridgehead atoms. The minimum atomic E-state index is -0.446. The zero-order valence-corrected chi connectivity index (χ0v) is 13.0. The lowest BCUT2D eigenvalue weighted by Gasteiger charge is -2.25. The first kappa shape index (κ1) is 16.1. The van der Waals surface area contributed by atoms with E-state index >= 15 is 0 Å². The van der Waals surface area contributed by atoms with E-state index in [2.05, 4.69) is 28.6 Å². The van der Waals surface area contributed by atoms with Crippen molar-refractivity contribution in [3.05, 3.63) is 59.4 Å². The molecule has 0 saturated heterocycles. The molecule has 116 valence electrons. The maximum absolute atomic E-state index is 13.0. The molecule has 0 atom stereocenters. The summed E-state index contributed by atoms with van der Waals surface area (Å²) in [6.07, 6.45) is 4.43. The van der Waals surface area contributed by atoms with E-state index in [0.717, 1.165) is 12.0 Å². The van der Waals surface area contributed by atoms with Gasteiger partial charge in [0, 0.05) is 18.8 Å². The minimum absolute atomic E-state index is 0.113. The Morgan fingerprint density at radius 1 is 1.18 bits per heavy atom. The number of ether oxygens (including phenoxy) is 1. The van der Waals surface area contributed by atoms with Crippen molar-refractivity contribution in [3.8, 4) is 0 Å². The van der Waals surface area contributed by atoms with Crippen molar-refractivity contribution in [2.45, 2.75) is 32.1 Å². The third-order valence-electron chi connectivity index (χ3n) is 3.73. The fourth-order valence-corrected chi connectivity index (χ4v) is 2.18. The van der Waals surface area contributed by atoms with Gasteiger partial charge in [0.25, 0.3) is 0 Å². The number of aromatic nitrogens is 2. The fraction of sp³-hybridized carbons (Fsp3) is 0.353. The molecule has 0 spiro atoms. The van der Waals surface area contributed by atoms with Crippen LogP contribution in [0.25, 0.3) is 0 Å². The van der Waals surface area contributed by atoms with E-state index in [0.29, 0.717) is 17.8 Å². The predicted molar refractivity (Wildman–Crippen MR) is 81.1 cm³/mol. The van der Waals surface area contributed by atoms with Gasteiger partial charge in [-0.05, 0) is 29.5 Å². The van der Waals surface area contributed by atoms with E-state index in [4.69, 9.17) is 0 Å². The Morgan fingerprint density at radius 2 is 1.77 bits per heavy atom. The number of benzene rings is 1. The van der Waals surface area contributed by atoms with Crippen LogP contribution in [0, 0.1) is 5.82 Å². The van der Waals surface area contributed by atoms with Gasteiger partial charge in [-0.15, -0.1) is 0 Å². The zero-order valence-electron chi connectivity index (χ0n) is 13.0. The number of carbonyl (C=O) groups is 1. The molecule has 4 nitrogen and oxygen atoms in total. The van der Waals surface area contributed by atoms with E-state index in [1.807, 2.05) is 0 Å². The van der Waals surface area contributed by atoms with Crippen LogP contribution in [0.4, 0.5) is 4.39 Å². The van der Waals surface area contributed by atoms with Gasteiger partial charge in [0.15, 0.2) is 0 Å². The molecule has 0 radical (unpaired) electrons. The van der Waals surface area contributed by atoms with Gasteiger partial charge in [-0.3, -0.25) is 0 Å². The van der Waals surface area contributed by atoms with Gasteiger partial charge < -0.3 is 4.74 Å². The SMILES string of the molecule is COC(=O)c1cnc(CCC(C)(C)c2ccc(F)cc2)nc1. The van der Waals surface area contributed by atoms with Crippen molar-refractivity contribution in [3.63, 3.8) is 0 Å². The summed E-state index contributed by atoms with van der Waals surface area (Å²) >= 11 is 0. The summed E-state index contributed by atoms with van der Waals surface area (Å²) in [5.41, 5.74) is 1.29. The lowest BCUT2D eigenvalue weighted by Crippen LogP contribution is -2.19. The smallest absolute Gasteiger partial charge is 0.341 e. The van der Waals surface area contributed by atoms with Crippen LogP contribution in [-0.2, 0) is 16.6 Å². The lowest BCUT2D eigenvalue weighted by atomic mass is 9.80. The van der Waals surface area contributed by atoms with Gasteiger partial charge >= 0.3 is 5.97 Å². The van der Waals surface area contributed by atoms with Crippen LogP contribution < -0.4 is 0 Å². The second-order valence-corrected chi connectivity index (χ2v) is 5.77. The molecule has 0 amide bonds. The van der Waals surface area contributed by atoms with Crippen molar-refractivity contribution < 1.29 is 13.9 Å². The normalized spacial score (nSPS) is 11.3. The summed E-state index contributed by atoms with van der Waals surface area (Å²) in [6.45, 7) is 4.20. The van der Waals surface area contributed by atoms with Gasteiger partial charge in [0.05, 0.1) is 12.7 Å². The van der Waals surface area contributed by atoms with Crippen molar-refractivity contribution in [2.75, 3.05) is 7.11 Å². The molecule has 0 aliphatic rings. The zero-order chi connectivity index (χ0) is 16.2. The van der Waals surface area contributed by atoms with Crippen molar-refractivity contribution in [2.24, 2.45) is 0 Å². The Kier molecular flexibility index (Phi) is 4.85. The Hall–Kier alpha value is -2.30. The highest BCUT2D eigenvalue weighted by molar-refractivity contribution is 5.88. The average molecular weight is 302 g/mol. The third kappa shape index (κ3) is 3.87. The molecule has 1 aromatic carbocycles. The first-order valence-electron chi connectivity index (χ1n) is 7.07. The molecule has 0 aliphatic heterocycles. The predicted octanol–water partition coefficient (Wildman–Crippen LogP) is 3.31. The van der Waals surface area contributed by atoms with Crippen LogP contribution in [0.15, 0.2) is 36.7 Å². The van der Waals surface area contributed by atoms with Crippen molar-refractivity contribution in [1.29, 1.82) is 0 Å². The molecule has 0 fully saturated rings. The van der Waals surface area contributed by atoms with Crippen molar-refractivity contribution in [1.82, 2.24) is 9.97 Å². The summed E-state index contributed by atoms with van der Waals surface area (Å²) < 4.78 is 17.6. The molecule has 0 aliphatic carbocycles. The summed E-state index contributed by atoms with van der Waals surface area (Å²) in [5, 5.41) is 0. The molecule has 22 heavy (non-hydrogen) atoms. The van der Waals surface area contributed by atoms with Crippen LogP contribution in [0.3, 0.4) is 0 Å². The molecule has 2 aromatic rings. The highest BCUT2D eigenvalue weighted by Gasteiger charge is 2.21. The molecular weight excluding hydrogens is 283 g/mol. The first-order valence-corrected chi connectivity index (χ1v) is 7.07. The first-order chi connectivity index (χ1) is 10.4. The van der Waals surface area contributed by atoms with Crippen LogP contribution >= 0.6 is 0 Å². The van der Waals surface area contributed by atoms with Gasteiger partial charge in [-0.25, -0.2) is 19.2 Å². The molecule has 0 saturated carbocycles. The molecule has 5 heteroatoms. The molecule has 0 unspecified atom stereocenters. The summed E-state index contributed by atoms with van der Waals surface area (Å²) in [6, 6.07) is 6.55. The fourth-order valence-electron chi connectivity index (χ4n) is 2.18. The number of rotatable bonds is 5. The number of aryl methyl sites for hydroxylation is 1. The number of hydrogen-bond donors (Lipinski definition) is 0. The number of halogens is 1. The Morgan fingerprint density at radius 3 is 2.32 bits per heavy atom. The molecule has 0 N–H and O–H groups in total. The molecule has 1 aromatic heterocycles. The molecule has 1 heterocycles. The highest BCUT2D eigenvalue weighted by Crippen LogP contribution is 2.28. The van der Waals surface area contributed by atoms with Gasteiger partial charge in [0.1, 0.15) is 11.6 Å². The molecular formula is C17H19FN2O2. The average Bonchev–Trinajstić information content (AvgIpc) is 2.53. The number of esters is 1. The Balaban J connectivity index is 2.02. The van der Waals surface area contributed by atoms with E-state index in [1.165, 1.54) is 31.6 Å². The largest absolute Gasteiger partial charge is 0.465 e. The number of methoxy groups -OCH3 is 1. The third-order valence-corrected chi connectivity index (χ3v) is 3.73. The van der Waals surface area contributed by atoms with E-state index in [-0.39, 0.29) is 11.2 Å². The van der Waals surface area contributed by atoms with Crippen LogP contribution in [0.1, 0.15) is 42.0 Å².